The summed E-state index contributed by atoms with van der Waals surface area (Å²) in [6.07, 6.45) is 2.13. The van der Waals surface area contributed by atoms with Crippen LogP contribution in [0.25, 0.3) is 0 Å². The van der Waals surface area contributed by atoms with Gasteiger partial charge in [-0.2, -0.15) is 0 Å². The minimum atomic E-state index is -0.728. The Bertz CT molecular complexity index is 369. The first-order chi connectivity index (χ1) is 9.24. The molecule has 20 heavy (non-hydrogen) atoms. The van der Waals surface area contributed by atoms with Crippen LogP contribution in [-0.2, 0) is 18.9 Å². The summed E-state index contributed by atoms with van der Waals surface area (Å²) in [6, 6.07) is 0. The lowest BCUT2D eigenvalue weighted by Crippen LogP contribution is -2.55. The van der Waals surface area contributed by atoms with Crippen LogP contribution in [0.15, 0.2) is 11.5 Å². The molecule has 2 heterocycles. The minimum absolute atomic E-state index is 0.233. The van der Waals surface area contributed by atoms with Crippen molar-refractivity contribution in [3.63, 3.8) is 0 Å². The summed E-state index contributed by atoms with van der Waals surface area (Å²) in [7, 11) is 0. The maximum absolute atomic E-state index is 10.2. The van der Waals surface area contributed by atoms with E-state index in [1.54, 1.807) is 11.8 Å². The zero-order valence-electron chi connectivity index (χ0n) is 12.7. The molecule has 0 aromatic carbocycles. The van der Waals surface area contributed by atoms with Crippen molar-refractivity contribution in [1.82, 2.24) is 0 Å². The third kappa shape index (κ3) is 3.75. The predicted molar refractivity (Wildman–Crippen MR) is 77.4 cm³/mol. The van der Waals surface area contributed by atoms with Crippen molar-refractivity contribution < 1.29 is 24.1 Å². The number of aliphatic hydroxyl groups is 1. The number of hydrogen-bond donors (Lipinski definition) is 1. The van der Waals surface area contributed by atoms with Gasteiger partial charge >= 0.3 is 0 Å². The van der Waals surface area contributed by atoms with Gasteiger partial charge in [-0.3, -0.25) is 0 Å². The van der Waals surface area contributed by atoms with E-state index in [1.807, 2.05) is 45.4 Å². The fraction of sp³-hybridized carbons (Fsp3) is 0.857. The van der Waals surface area contributed by atoms with Crippen LogP contribution in [0.1, 0.15) is 27.7 Å². The molecule has 0 spiro atoms. The van der Waals surface area contributed by atoms with Crippen LogP contribution >= 0.6 is 11.8 Å². The van der Waals surface area contributed by atoms with Gasteiger partial charge in [0, 0.05) is 0 Å². The highest BCUT2D eigenvalue weighted by atomic mass is 32.2. The van der Waals surface area contributed by atoms with E-state index in [0.717, 1.165) is 0 Å². The van der Waals surface area contributed by atoms with Crippen LogP contribution in [0.3, 0.4) is 0 Å². The summed E-state index contributed by atoms with van der Waals surface area (Å²) in [5, 5.41) is 12.1. The third-order valence-corrected chi connectivity index (χ3v) is 3.72. The van der Waals surface area contributed by atoms with Gasteiger partial charge in [-0.05, 0) is 45.4 Å². The highest BCUT2D eigenvalue weighted by Gasteiger charge is 2.50. The fourth-order valence-corrected chi connectivity index (χ4v) is 2.80. The van der Waals surface area contributed by atoms with Crippen molar-refractivity contribution in [2.24, 2.45) is 0 Å². The molecule has 0 amide bonds. The van der Waals surface area contributed by atoms with E-state index >= 15 is 0 Å². The number of hydrogen-bond acceptors (Lipinski definition) is 6. The second-order valence-electron chi connectivity index (χ2n) is 5.99. The van der Waals surface area contributed by atoms with E-state index in [0.29, 0.717) is 0 Å². The molecule has 2 saturated heterocycles. The molecule has 2 fully saturated rings. The van der Waals surface area contributed by atoms with E-state index in [-0.39, 0.29) is 18.8 Å². The van der Waals surface area contributed by atoms with Crippen LogP contribution in [0, 0.1) is 0 Å². The van der Waals surface area contributed by atoms with Crippen LogP contribution < -0.4 is 0 Å². The first-order valence-electron chi connectivity index (χ1n) is 6.79. The Kier molecular flexibility index (Phi) is 4.83. The van der Waals surface area contributed by atoms with Crippen molar-refractivity contribution in [3.8, 4) is 0 Å². The van der Waals surface area contributed by atoms with E-state index in [4.69, 9.17) is 18.9 Å². The Morgan fingerprint density at radius 1 is 1.05 bits per heavy atom. The van der Waals surface area contributed by atoms with Gasteiger partial charge < -0.3 is 24.1 Å². The summed E-state index contributed by atoms with van der Waals surface area (Å²) in [5.74, 6) is -1.42. The van der Waals surface area contributed by atoms with E-state index in [1.165, 1.54) is 0 Å². The summed E-state index contributed by atoms with van der Waals surface area (Å²) in [5.41, 5.74) is 0. The Hall–Kier alpha value is -0.110. The Labute approximate surface area is 124 Å². The monoisotopic (exact) mass is 304 g/mol. The standard InChI is InChI=1S/C14H24O5S/c1-13(2)16-8-9(15)11(18-13)12-10(6-7-20-5)17-14(3,4)19-12/h6-7,9-12,15H,8H2,1-5H3/b7-6-/t9-,10-,11-,12-/m1/s1. The smallest absolute Gasteiger partial charge is 0.164 e. The average Bonchev–Trinajstić information content (AvgIpc) is 2.65. The molecule has 116 valence electrons. The predicted octanol–water partition coefficient (Wildman–Crippen LogP) is 1.90. The van der Waals surface area contributed by atoms with Crippen LogP contribution in [0.5, 0.6) is 0 Å². The molecule has 2 aliphatic rings. The summed E-state index contributed by atoms with van der Waals surface area (Å²) < 4.78 is 23.1. The molecule has 4 atom stereocenters. The van der Waals surface area contributed by atoms with Gasteiger partial charge in [0.1, 0.15) is 24.4 Å². The van der Waals surface area contributed by atoms with Gasteiger partial charge in [0.25, 0.3) is 0 Å². The molecule has 0 bridgehead atoms. The van der Waals surface area contributed by atoms with Crippen LogP contribution in [0.2, 0.25) is 0 Å². The minimum Gasteiger partial charge on any atom is -0.388 e. The molecular formula is C14H24O5S. The zero-order valence-corrected chi connectivity index (χ0v) is 13.5. The quantitative estimate of drug-likeness (QED) is 0.859. The highest BCUT2D eigenvalue weighted by Crippen LogP contribution is 2.36. The first-order valence-corrected chi connectivity index (χ1v) is 8.08. The van der Waals surface area contributed by atoms with Gasteiger partial charge in [-0.25, -0.2) is 0 Å². The van der Waals surface area contributed by atoms with Gasteiger partial charge in [0.15, 0.2) is 11.6 Å². The first kappa shape index (κ1) is 16.3. The Morgan fingerprint density at radius 2 is 1.70 bits per heavy atom. The van der Waals surface area contributed by atoms with E-state index < -0.39 is 23.8 Å². The van der Waals surface area contributed by atoms with Crippen LogP contribution in [-0.4, -0.2) is 54.0 Å². The zero-order chi connectivity index (χ0) is 15.0. The molecule has 0 aromatic rings. The van der Waals surface area contributed by atoms with Gasteiger partial charge in [0.2, 0.25) is 0 Å². The molecule has 0 unspecified atom stereocenters. The summed E-state index contributed by atoms with van der Waals surface area (Å²) in [4.78, 5) is 0. The maximum atomic E-state index is 10.2. The summed E-state index contributed by atoms with van der Waals surface area (Å²) in [6.45, 7) is 7.63. The highest BCUT2D eigenvalue weighted by molar-refractivity contribution is 8.01. The lowest BCUT2D eigenvalue weighted by atomic mass is 10.0. The van der Waals surface area contributed by atoms with Crippen LogP contribution in [0.4, 0.5) is 0 Å². The molecule has 5 nitrogen and oxygen atoms in total. The number of rotatable bonds is 3. The second-order valence-corrected chi connectivity index (χ2v) is 6.73. The lowest BCUT2D eigenvalue weighted by molar-refractivity contribution is -0.322. The number of aliphatic hydroxyl groups excluding tert-OH is 1. The van der Waals surface area contributed by atoms with Gasteiger partial charge in [-0.1, -0.05) is 0 Å². The molecule has 0 saturated carbocycles. The molecule has 2 aliphatic heterocycles. The van der Waals surface area contributed by atoms with Crippen molar-refractivity contribution in [2.75, 3.05) is 12.9 Å². The third-order valence-electron chi connectivity index (χ3n) is 3.29. The van der Waals surface area contributed by atoms with Crippen molar-refractivity contribution >= 4 is 11.8 Å². The van der Waals surface area contributed by atoms with Gasteiger partial charge in [0.05, 0.1) is 6.61 Å². The van der Waals surface area contributed by atoms with E-state index in [9.17, 15) is 5.11 Å². The molecule has 0 radical (unpaired) electrons. The average molecular weight is 304 g/mol. The molecule has 2 rings (SSSR count). The topological polar surface area (TPSA) is 57.2 Å². The summed E-state index contributed by atoms with van der Waals surface area (Å²) >= 11 is 1.59. The van der Waals surface area contributed by atoms with Crippen molar-refractivity contribution in [3.05, 3.63) is 11.5 Å². The molecule has 1 N–H and O–H groups in total. The Balaban J connectivity index is 2.17. The normalized spacial score (nSPS) is 40.3. The molecule has 0 aromatic heterocycles. The van der Waals surface area contributed by atoms with E-state index in [2.05, 4.69) is 0 Å². The second kappa shape index (κ2) is 5.94. The lowest BCUT2D eigenvalue weighted by Gasteiger charge is -2.41. The number of ether oxygens (including phenoxy) is 4. The largest absolute Gasteiger partial charge is 0.388 e. The molecular weight excluding hydrogens is 280 g/mol. The Morgan fingerprint density at radius 3 is 2.35 bits per heavy atom. The molecule has 0 aliphatic carbocycles. The maximum Gasteiger partial charge on any atom is 0.164 e. The fourth-order valence-electron chi connectivity index (χ4n) is 2.48. The SMILES string of the molecule is CS/C=C\[C@H]1OC(C)(C)O[C@H]1[C@@H]1OC(C)(C)OC[C@H]1O. The van der Waals surface area contributed by atoms with Gasteiger partial charge in [-0.15, -0.1) is 11.8 Å². The van der Waals surface area contributed by atoms with Crippen molar-refractivity contribution in [1.29, 1.82) is 0 Å². The molecule has 6 heteroatoms. The van der Waals surface area contributed by atoms with Crippen molar-refractivity contribution in [2.45, 2.75) is 63.7 Å². The number of thioether (sulfide) groups is 1.